The molecule has 0 spiro atoms. The van der Waals surface area contributed by atoms with Crippen molar-refractivity contribution in [1.29, 1.82) is 0 Å². The molecule has 0 aliphatic heterocycles. The van der Waals surface area contributed by atoms with Crippen LogP contribution in [0.2, 0.25) is 0 Å². The van der Waals surface area contributed by atoms with Gasteiger partial charge >= 0.3 is 0 Å². The lowest BCUT2D eigenvalue weighted by atomic mass is 10.0. The van der Waals surface area contributed by atoms with E-state index in [4.69, 9.17) is 0 Å². The third-order valence-electron chi connectivity index (χ3n) is 3.29. The average Bonchev–Trinajstić information content (AvgIpc) is 2.76. The highest BCUT2D eigenvalue weighted by Gasteiger charge is 2.19. The van der Waals surface area contributed by atoms with Crippen molar-refractivity contribution in [1.82, 2.24) is 4.98 Å². The van der Waals surface area contributed by atoms with Gasteiger partial charge in [-0.25, -0.2) is 0 Å². The molecule has 0 unspecified atom stereocenters. The standard InChI is InChI=1S/C16H11Br2NO/c1-9-15(11-4-2-3-5-14(11)19-9)16(20)12-8-10(17)6-7-13(12)18/h2-8,19H,1H3. The third-order valence-corrected chi connectivity index (χ3v) is 4.48. The van der Waals surface area contributed by atoms with Crippen molar-refractivity contribution < 1.29 is 4.79 Å². The highest BCUT2D eigenvalue weighted by Crippen LogP contribution is 2.29. The van der Waals surface area contributed by atoms with Gasteiger partial charge in [0.25, 0.3) is 0 Å². The van der Waals surface area contributed by atoms with E-state index in [1.165, 1.54) is 0 Å². The number of aromatic amines is 1. The lowest BCUT2D eigenvalue weighted by Gasteiger charge is -2.05. The molecular weight excluding hydrogens is 382 g/mol. The molecule has 2 nitrogen and oxygen atoms in total. The fourth-order valence-corrected chi connectivity index (χ4v) is 3.16. The molecule has 0 fully saturated rings. The van der Waals surface area contributed by atoms with E-state index in [-0.39, 0.29) is 5.78 Å². The van der Waals surface area contributed by atoms with Gasteiger partial charge < -0.3 is 4.98 Å². The molecule has 3 aromatic rings. The van der Waals surface area contributed by atoms with Crippen LogP contribution in [-0.4, -0.2) is 10.8 Å². The largest absolute Gasteiger partial charge is 0.358 e. The van der Waals surface area contributed by atoms with Gasteiger partial charge in [-0.1, -0.05) is 50.1 Å². The van der Waals surface area contributed by atoms with Crippen molar-refractivity contribution in [2.45, 2.75) is 6.92 Å². The topological polar surface area (TPSA) is 32.9 Å². The summed E-state index contributed by atoms with van der Waals surface area (Å²) in [6.45, 7) is 1.93. The van der Waals surface area contributed by atoms with Crippen LogP contribution in [0.15, 0.2) is 51.4 Å². The number of hydrogen-bond donors (Lipinski definition) is 1. The number of H-pyrrole nitrogens is 1. The maximum absolute atomic E-state index is 12.8. The average molecular weight is 393 g/mol. The summed E-state index contributed by atoms with van der Waals surface area (Å²) in [6.07, 6.45) is 0. The molecule has 3 rings (SSSR count). The van der Waals surface area contributed by atoms with E-state index in [1.807, 2.05) is 49.4 Å². The summed E-state index contributed by atoms with van der Waals surface area (Å²) in [5, 5.41) is 0.960. The first kappa shape index (κ1) is 13.6. The number of carbonyl (C=O) groups is 1. The number of rotatable bonds is 2. The van der Waals surface area contributed by atoms with E-state index in [9.17, 15) is 4.79 Å². The van der Waals surface area contributed by atoms with Crippen LogP contribution in [0.1, 0.15) is 21.6 Å². The van der Waals surface area contributed by atoms with E-state index < -0.39 is 0 Å². The second-order valence-electron chi connectivity index (χ2n) is 4.62. The van der Waals surface area contributed by atoms with Gasteiger partial charge in [0, 0.05) is 31.1 Å². The highest BCUT2D eigenvalue weighted by atomic mass is 79.9. The third kappa shape index (κ3) is 2.23. The molecule has 0 saturated heterocycles. The van der Waals surface area contributed by atoms with E-state index in [1.54, 1.807) is 0 Å². The van der Waals surface area contributed by atoms with Crippen molar-refractivity contribution in [3.05, 3.63) is 68.2 Å². The van der Waals surface area contributed by atoms with E-state index in [2.05, 4.69) is 36.8 Å². The van der Waals surface area contributed by atoms with Gasteiger partial charge in [0.05, 0.1) is 5.56 Å². The summed E-state index contributed by atoms with van der Waals surface area (Å²) in [6, 6.07) is 13.5. The molecule has 0 atom stereocenters. The maximum Gasteiger partial charge on any atom is 0.196 e. The number of para-hydroxylation sites is 1. The van der Waals surface area contributed by atoms with E-state index in [0.29, 0.717) is 5.56 Å². The zero-order chi connectivity index (χ0) is 14.3. The molecule has 100 valence electrons. The molecule has 20 heavy (non-hydrogen) atoms. The van der Waals surface area contributed by atoms with Crippen LogP contribution in [0.5, 0.6) is 0 Å². The summed E-state index contributed by atoms with van der Waals surface area (Å²) < 4.78 is 1.69. The van der Waals surface area contributed by atoms with E-state index in [0.717, 1.165) is 31.1 Å². The minimum Gasteiger partial charge on any atom is -0.358 e. The van der Waals surface area contributed by atoms with Crippen LogP contribution >= 0.6 is 31.9 Å². The normalized spacial score (nSPS) is 10.9. The molecular formula is C16H11Br2NO. The molecule has 2 aromatic carbocycles. The Bertz CT molecular complexity index is 820. The number of hydrogen-bond acceptors (Lipinski definition) is 1. The number of benzene rings is 2. The Morgan fingerprint density at radius 1 is 1.10 bits per heavy atom. The first-order chi connectivity index (χ1) is 9.58. The Kier molecular flexibility index (Phi) is 3.52. The number of aryl methyl sites for hydroxylation is 1. The van der Waals surface area contributed by atoms with Crippen molar-refractivity contribution in [3.8, 4) is 0 Å². The summed E-state index contributed by atoms with van der Waals surface area (Å²) in [7, 11) is 0. The summed E-state index contributed by atoms with van der Waals surface area (Å²) >= 11 is 6.87. The fraction of sp³-hybridized carbons (Fsp3) is 0.0625. The van der Waals surface area contributed by atoms with Crippen LogP contribution in [-0.2, 0) is 0 Å². The lowest BCUT2D eigenvalue weighted by molar-refractivity contribution is 0.103. The lowest BCUT2D eigenvalue weighted by Crippen LogP contribution is -2.03. The van der Waals surface area contributed by atoms with Crippen LogP contribution in [0.3, 0.4) is 0 Å². The molecule has 0 aliphatic rings. The number of ketones is 1. The summed E-state index contributed by atoms with van der Waals surface area (Å²) in [4.78, 5) is 16.1. The summed E-state index contributed by atoms with van der Waals surface area (Å²) in [5.74, 6) is 0.0214. The van der Waals surface area contributed by atoms with Gasteiger partial charge in [0.1, 0.15) is 0 Å². The smallest absolute Gasteiger partial charge is 0.196 e. The van der Waals surface area contributed by atoms with Crippen LogP contribution in [0.4, 0.5) is 0 Å². The zero-order valence-electron chi connectivity index (χ0n) is 10.7. The van der Waals surface area contributed by atoms with Crippen molar-refractivity contribution >= 4 is 48.5 Å². The predicted molar refractivity (Wildman–Crippen MR) is 88.3 cm³/mol. The van der Waals surface area contributed by atoms with Gasteiger partial charge in [0.2, 0.25) is 0 Å². The highest BCUT2D eigenvalue weighted by molar-refractivity contribution is 9.11. The quantitative estimate of drug-likeness (QED) is 0.595. The molecule has 1 N–H and O–H groups in total. The minimum absolute atomic E-state index is 0.0214. The van der Waals surface area contributed by atoms with Crippen molar-refractivity contribution in [2.75, 3.05) is 0 Å². The monoisotopic (exact) mass is 391 g/mol. The van der Waals surface area contributed by atoms with Gasteiger partial charge in [-0.15, -0.1) is 0 Å². The summed E-state index contributed by atoms with van der Waals surface area (Å²) in [5.41, 5.74) is 3.27. The second-order valence-corrected chi connectivity index (χ2v) is 6.39. The molecule has 0 aliphatic carbocycles. The first-order valence-electron chi connectivity index (χ1n) is 6.15. The number of fused-ring (bicyclic) bond motifs is 1. The molecule has 0 saturated carbocycles. The van der Waals surface area contributed by atoms with Crippen LogP contribution < -0.4 is 0 Å². The number of aromatic nitrogens is 1. The van der Waals surface area contributed by atoms with Gasteiger partial charge in [0.15, 0.2) is 5.78 Å². The SMILES string of the molecule is Cc1[nH]c2ccccc2c1C(=O)c1cc(Br)ccc1Br. The Balaban J connectivity index is 2.22. The zero-order valence-corrected chi connectivity index (χ0v) is 13.9. The number of nitrogens with one attached hydrogen (secondary N) is 1. The van der Waals surface area contributed by atoms with Gasteiger partial charge in [-0.05, 0) is 31.2 Å². The number of halogens is 2. The predicted octanol–water partition coefficient (Wildman–Crippen LogP) is 5.23. The molecule has 1 heterocycles. The van der Waals surface area contributed by atoms with E-state index >= 15 is 0 Å². The number of carbonyl (C=O) groups excluding carboxylic acids is 1. The Labute approximate surface area is 133 Å². The second kappa shape index (κ2) is 5.19. The fourth-order valence-electron chi connectivity index (χ4n) is 2.38. The molecule has 0 amide bonds. The minimum atomic E-state index is 0.0214. The van der Waals surface area contributed by atoms with Gasteiger partial charge in [-0.3, -0.25) is 4.79 Å². The van der Waals surface area contributed by atoms with Gasteiger partial charge in [-0.2, -0.15) is 0 Å². The first-order valence-corrected chi connectivity index (χ1v) is 7.73. The molecule has 0 radical (unpaired) electrons. The van der Waals surface area contributed by atoms with Crippen molar-refractivity contribution in [3.63, 3.8) is 0 Å². The van der Waals surface area contributed by atoms with Crippen LogP contribution in [0.25, 0.3) is 10.9 Å². The Morgan fingerprint density at radius 2 is 1.85 bits per heavy atom. The van der Waals surface area contributed by atoms with Crippen molar-refractivity contribution in [2.24, 2.45) is 0 Å². The molecule has 4 heteroatoms. The molecule has 1 aromatic heterocycles. The Morgan fingerprint density at radius 3 is 2.65 bits per heavy atom. The maximum atomic E-state index is 12.8. The van der Waals surface area contributed by atoms with Crippen LogP contribution in [0, 0.1) is 6.92 Å². The Hall–Kier alpha value is -1.39. The molecule has 0 bridgehead atoms.